The Morgan fingerprint density at radius 1 is 1.23 bits per heavy atom. The van der Waals surface area contributed by atoms with Crippen molar-refractivity contribution in [3.8, 4) is 0 Å². The lowest BCUT2D eigenvalue weighted by Crippen LogP contribution is -2.32. The Morgan fingerprint density at radius 2 is 1.96 bits per heavy atom. The number of hydrogen-bond donors (Lipinski definition) is 1. The van der Waals surface area contributed by atoms with Crippen LogP contribution in [0.5, 0.6) is 0 Å². The number of anilines is 1. The molecule has 1 aliphatic rings. The van der Waals surface area contributed by atoms with Gasteiger partial charge in [-0.2, -0.15) is 0 Å². The lowest BCUT2D eigenvalue weighted by molar-refractivity contribution is -0.118. The molecular weight excluding hydrogens is 353 g/mol. The summed E-state index contributed by atoms with van der Waals surface area (Å²) in [5.74, 6) is -0.618. The standard InChI is InChI=1S/C19H18FN3O2S/c1-13-6-8-15(9-7-13)23-18(25)11-22-19(23)26-12-17(24)21-10-14-4-2-3-5-16(14)20/h2-9H,10-12H2,1H3,(H,21,24). The highest BCUT2D eigenvalue weighted by atomic mass is 32.2. The number of halogens is 1. The fourth-order valence-electron chi connectivity index (χ4n) is 2.46. The van der Waals surface area contributed by atoms with E-state index in [9.17, 15) is 14.0 Å². The van der Waals surface area contributed by atoms with E-state index in [1.165, 1.54) is 22.7 Å². The summed E-state index contributed by atoms with van der Waals surface area (Å²) in [5.41, 5.74) is 2.26. The molecule has 2 amide bonds. The maximum Gasteiger partial charge on any atom is 0.254 e. The van der Waals surface area contributed by atoms with Crippen molar-refractivity contribution in [3.05, 3.63) is 65.5 Å². The van der Waals surface area contributed by atoms with Gasteiger partial charge in [0.15, 0.2) is 5.17 Å². The number of amidine groups is 1. The number of carbonyl (C=O) groups excluding carboxylic acids is 2. The van der Waals surface area contributed by atoms with Crippen molar-refractivity contribution in [3.63, 3.8) is 0 Å². The summed E-state index contributed by atoms with van der Waals surface area (Å²) in [7, 11) is 0. The van der Waals surface area contributed by atoms with Crippen LogP contribution in [0.4, 0.5) is 10.1 Å². The Kier molecular flexibility index (Phi) is 5.68. The van der Waals surface area contributed by atoms with Gasteiger partial charge in [0, 0.05) is 12.1 Å². The number of hydrogen-bond acceptors (Lipinski definition) is 4. The first-order valence-electron chi connectivity index (χ1n) is 8.11. The van der Waals surface area contributed by atoms with E-state index in [2.05, 4.69) is 10.3 Å². The molecule has 1 heterocycles. The zero-order valence-electron chi connectivity index (χ0n) is 14.2. The smallest absolute Gasteiger partial charge is 0.254 e. The van der Waals surface area contributed by atoms with E-state index >= 15 is 0 Å². The third-order valence-electron chi connectivity index (χ3n) is 3.85. The summed E-state index contributed by atoms with van der Waals surface area (Å²) in [6.07, 6.45) is 0. The van der Waals surface area contributed by atoms with Crippen molar-refractivity contribution in [1.29, 1.82) is 0 Å². The maximum atomic E-state index is 13.6. The molecule has 3 rings (SSSR count). The first-order chi connectivity index (χ1) is 12.5. The number of aryl methyl sites for hydroxylation is 1. The Morgan fingerprint density at radius 3 is 2.69 bits per heavy atom. The van der Waals surface area contributed by atoms with E-state index in [0.717, 1.165) is 11.3 Å². The van der Waals surface area contributed by atoms with Crippen LogP contribution in [0.3, 0.4) is 0 Å². The van der Waals surface area contributed by atoms with Crippen molar-refractivity contribution in [1.82, 2.24) is 5.32 Å². The first kappa shape index (κ1) is 18.1. The summed E-state index contributed by atoms with van der Waals surface area (Å²) in [5, 5.41) is 3.18. The van der Waals surface area contributed by atoms with Gasteiger partial charge in [-0.3, -0.25) is 19.5 Å². The second kappa shape index (κ2) is 8.14. The van der Waals surface area contributed by atoms with Crippen LogP contribution in [0, 0.1) is 12.7 Å². The average Bonchev–Trinajstić information content (AvgIpc) is 3.00. The molecule has 26 heavy (non-hydrogen) atoms. The van der Waals surface area contributed by atoms with Crippen LogP contribution in [-0.4, -0.2) is 29.3 Å². The Bertz CT molecular complexity index is 852. The molecule has 0 saturated carbocycles. The van der Waals surface area contributed by atoms with Gasteiger partial charge in [0.05, 0.1) is 11.4 Å². The van der Waals surface area contributed by atoms with Crippen LogP contribution in [0.25, 0.3) is 0 Å². The van der Waals surface area contributed by atoms with E-state index in [1.807, 2.05) is 31.2 Å². The molecule has 0 atom stereocenters. The molecule has 2 aromatic carbocycles. The molecule has 0 bridgehead atoms. The number of amides is 2. The number of rotatable bonds is 5. The minimum atomic E-state index is -0.350. The van der Waals surface area contributed by atoms with Crippen molar-refractivity contribution >= 4 is 34.4 Å². The number of carbonyl (C=O) groups is 2. The quantitative estimate of drug-likeness (QED) is 0.879. The molecule has 1 aliphatic heterocycles. The van der Waals surface area contributed by atoms with Crippen LogP contribution < -0.4 is 10.2 Å². The Labute approximate surface area is 155 Å². The van der Waals surface area contributed by atoms with Gasteiger partial charge in [-0.25, -0.2) is 4.39 Å². The molecule has 134 valence electrons. The highest BCUT2D eigenvalue weighted by molar-refractivity contribution is 8.14. The third kappa shape index (κ3) is 4.29. The minimum Gasteiger partial charge on any atom is -0.351 e. The maximum absolute atomic E-state index is 13.6. The Balaban J connectivity index is 1.56. The molecule has 0 fully saturated rings. The van der Waals surface area contributed by atoms with Crippen molar-refractivity contribution in [2.75, 3.05) is 17.2 Å². The summed E-state index contributed by atoms with van der Waals surface area (Å²) >= 11 is 1.19. The number of nitrogens with one attached hydrogen (secondary N) is 1. The van der Waals surface area contributed by atoms with E-state index in [4.69, 9.17) is 0 Å². The molecular formula is C19H18FN3O2S. The molecule has 7 heteroatoms. The topological polar surface area (TPSA) is 61.8 Å². The number of nitrogens with zero attached hydrogens (tertiary/aromatic N) is 2. The fraction of sp³-hybridized carbons (Fsp3) is 0.211. The fourth-order valence-corrected chi connectivity index (χ4v) is 3.31. The summed E-state index contributed by atoms with van der Waals surface area (Å²) in [6, 6.07) is 13.9. The van der Waals surface area contributed by atoms with E-state index in [0.29, 0.717) is 10.7 Å². The second-order valence-electron chi connectivity index (χ2n) is 5.82. The molecule has 0 aromatic heterocycles. The zero-order valence-corrected chi connectivity index (χ0v) is 15.1. The molecule has 0 unspecified atom stereocenters. The van der Waals surface area contributed by atoms with Gasteiger partial charge < -0.3 is 5.32 Å². The lowest BCUT2D eigenvalue weighted by Gasteiger charge is -2.18. The molecule has 0 aliphatic carbocycles. The predicted molar refractivity (Wildman–Crippen MR) is 102 cm³/mol. The van der Waals surface area contributed by atoms with Crippen molar-refractivity contribution in [2.24, 2.45) is 4.99 Å². The van der Waals surface area contributed by atoms with Gasteiger partial charge in [-0.1, -0.05) is 47.7 Å². The van der Waals surface area contributed by atoms with E-state index in [1.54, 1.807) is 18.2 Å². The van der Waals surface area contributed by atoms with Gasteiger partial charge in [0.25, 0.3) is 5.91 Å². The number of aliphatic imine (C=N–C) groups is 1. The zero-order chi connectivity index (χ0) is 18.5. The number of thioether (sulfide) groups is 1. The van der Waals surface area contributed by atoms with Gasteiger partial charge in [-0.05, 0) is 25.1 Å². The summed E-state index contributed by atoms with van der Waals surface area (Å²) < 4.78 is 13.6. The van der Waals surface area contributed by atoms with Gasteiger partial charge in [-0.15, -0.1) is 0 Å². The molecule has 0 spiro atoms. The van der Waals surface area contributed by atoms with Crippen molar-refractivity contribution in [2.45, 2.75) is 13.5 Å². The molecule has 2 aromatic rings. The van der Waals surface area contributed by atoms with Gasteiger partial charge in [0.1, 0.15) is 12.4 Å². The average molecular weight is 371 g/mol. The monoisotopic (exact) mass is 371 g/mol. The minimum absolute atomic E-state index is 0.0764. The third-order valence-corrected chi connectivity index (χ3v) is 4.83. The molecule has 0 saturated heterocycles. The Hall–Kier alpha value is -2.67. The molecule has 5 nitrogen and oxygen atoms in total. The highest BCUT2D eigenvalue weighted by Crippen LogP contribution is 2.24. The van der Waals surface area contributed by atoms with Crippen LogP contribution >= 0.6 is 11.8 Å². The lowest BCUT2D eigenvalue weighted by atomic mass is 10.2. The summed E-state index contributed by atoms with van der Waals surface area (Å²) in [4.78, 5) is 29.9. The van der Waals surface area contributed by atoms with E-state index < -0.39 is 0 Å². The van der Waals surface area contributed by atoms with Crippen molar-refractivity contribution < 1.29 is 14.0 Å². The van der Waals surface area contributed by atoms with Crippen LogP contribution in [0.2, 0.25) is 0 Å². The van der Waals surface area contributed by atoms with Gasteiger partial charge in [0.2, 0.25) is 5.91 Å². The predicted octanol–water partition coefficient (Wildman–Crippen LogP) is 2.89. The number of benzene rings is 2. The second-order valence-corrected chi connectivity index (χ2v) is 6.76. The largest absolute Gasteiger partial charge is 0.351 e. The SMILES string of the molecule is Cc1ccc(N2C(=O)CN=C2SCC(=O)NCc2ccccc2F)cc1. The molecule has 1 N–H and O–H groups in total. The van der Waals surface area contributed by atoms with Crippen LogP contribution in [0.1, 0.15) is 11.1 Å². The molecule has 0 radical (unpaired) electrons. The van der Waals surface area contributed by atoms with Crippen LogP contribution in [-0.2, 0) is 16.1 Å². The summed E-state index contributed by atoms with van der Waals surface area (Å²) in [6.45, 7) is 2.17. The van der Waals surface area contributed by atoms with Crippen LogP contribution in [0.15, 0.2) is 53.5 Å². The highest BCUT2D eigenvalue weighted by Gasteiger charge is 2.27. The van der Waals surface area contributed by atoms with E-state index in [-0.39, 0.29) is 36.5 Å². The van der Waals surface area contributed by atoms with Gasteiger partial charge >= 0.3 is 0 Å². The first-order valence-corrected chi connectivity index (χ1v) is 9.10. The normalized spacial score (nSPS) is 13.7.